The molecule has 0 spiro atoms. The zero-order valence-corrected chi connectivity index (χ0v) is 17.0. The number of aromatic nitrogens is 1. The number of hydrogen-bond donors (Lipinski definition) is 0. The van der Waals surface area contributed by atoms with Crippen LogP contribution in [0.2, 0.25) is 0 Å². The molecule has 2 rings (SSSR count). The van der Waals surface area contributed by atoms with Gasteiger partial charge in [-0.2, -0.15) is 0 Å². The Kier molecular flexibility index (Phi) is 8.75. The first-order valence-corrected chi connectivity index (χ1v) is 9.68. The number of methoxy groups -OCH3 is 3. The zero-order chi connectivity index (χ0) is 19.5. The van der Waals surface area contributed by atoms with E-state index in [0.29, 0.717) is 17.2 Å². The molecule has 0 N–H and O–H groups in total. The zero-order valence-electron chi connectivity index (χ0n) is 17.0. The minimum absolute atomic E-state index is 0.618. The largest absolute Gasteiger partial charge is 0.493 e. The molecule has 0 unspecified atom stereocenters. The van der Waals surface area contributed by atoms with Gasteiger partial charge in [0, 0.05) is 19.3 Å². The van der Waals surface area contributed by atoms with Gasteiger partial charge in [-0.3, -0.25) is 0 Å². The van der Waals surface area contributed by atoms with Gasteiger partial charge in [0.15, 0.2) is 11.5 Å². The fraction of sp³-hybridized carbons (Fsp3) is 0.500. The summed E-state index contributed by atoms with van der Waals surface area (Å²) in [5, 5.41) is 0. The number of hydrogen-bond acceptors (Lipinski definition) is 5. The van der Waals surface area contributed by atoms with Gasteiger partial charge in [-0.25, -0.2) is 4.98 Å². The lowest BCUT2D eigenvalue weighted by atomic mass is 10.1. The van der Waals surface area contributed by atoms with Crippen LogP contribution in [-0.4, -0.2) is 32.9 Å². The molecular formula is C22H32N2O3. The van der Waals surface area contributed by atoms with Crippen LogP contribution in [0, 0.1) is 0 Å². The number of unbranched alkanes of at least 4 members (excludes halogenated alkanes) is 4. The molecule has 2 aromatic rings. The van der Waals surface area contributed by atoms with Crippen LogP contribution in [0.1, 0.15) is 44.6 Å². The van der Waals surface area contributed by atoms with E-state index < -0.39 is 0 Å². The Morgan fingerprint density at radius 3 is 2.15 bits per heavy atom. The highest BCUT2D eigenvalue weighted by atomic mass is 16.5. The van der Waals surface area contributed by atoms with Crippen molar-refractivity contribution >= 4 is 5.82 Å². The van der Waals surface area contributed by atoms with Gasteiger partial charge < -0.3 is 19.1 Å². The second kappa shape index (κ2) is 11.3. The van der Waals surface area contributed by atoms with Crippen molar-refractivity contribution in [3.63, 3.8) is 0 Å². The summed E-state index contributed by atoms with van der Waals surface area (Å²) in [4.78, 5) is 6.86. The molecule has 1 aromatic carbocycles. The van der Waals surface area contributed by atoms with E-state index in [0.717, 1.165) is 30.9 Å². The van der Waals surface area contributed by atoms with E-state index in [4.69, 9.17) is 14.2 Å². The number of pyridine rings is 1. The quantitative estimate of drug-likeness (QED) is 0.486. The van der Waals surface area contributed by atoms with Crippen LogP contribution in [0.4, 0.5) is 5.82 Å². The van der Waals surface area contributed by atoms with Crippen LogP contribution in [-0.2, 0) is 6.54 Å². The van der Waals surface area contributed by atoms with Crippen LogP contribution in [0.3, 0.4) is 0 Å². The summed E-state index contributed by atoms with van der Waals surface area (Å²) in [5.74, 6) is 2.96. The van der Waals surface area contributed by atoms with Crippen molar-refractivity contribution in [1.82, 2.24) is 4.98 Å². The minimum Gasteiger partial charge on any atom is -0.493 e. The van der Waals surface area contributed by atoms with Gasteiger partial charge in [-0.05, 0) is 36.2 Å². The lowest BCUT2D eigenvalue weighted by Gasteiger charge is -2.25. The van der Waals surface area contributed by atoms with Crippen molar-refractivity contribution in [3.05, 3.63) is 42.1 Å². The fourth-order valence-electron chi connectivity index (χ4n) is 3.17. The monoisotopic (exact) mass is 372 g/mol. The van der Waals surface area contributed by atoms with Crippen LogP contribution < -0.4 is 19.1 Å². The van der Waals surface area contributed by atoms with Crippen molar-refractivity contribution in [2.45, 2.75) is 45.6 Å². The highest BCUT2D eigenvalue weighted by molar-refractivity contribution is 5.54. The van der Waals surface area contributed by atoms with E-state index in [1.54, 1.807) is 21.3 Å². The standard InChI is InChI=1S/C22H32N2O3/c1-5-6-7-8-11-14-24(21-12-9-10-13-23-21)17-18-15-19(25-2)22(27-4)20(16-18)26-3/h9-10,12-13,15-16H,5-8,11,14,17H2,1-4H3. The van der Waals surface area contributed by atoms with E-state index in [2.05, 4.69) is 22.9 Å². The molecule has 0 saturated carbocycles. The number of anilines is 1. The van der Waals surface area contributed by atoms with E-state index in [1.165, 1.54) is 25.7 Å². The maximum Gasteiger partial charge on any atom is 0.203 e. The summed E-state index contributed by atoms with van der Waals surface area (Å²) in [6.45, 7) is 3.95. The van der Waals surface area contributed by atoms with Gasteiger partial charge in [-0.1, -0.05) is 38.7 Å². The number of rotatable bonds is 12. The molecule has 1 heterocycles. The first-order chi connectivity index (χ1) is 13.2. The molecule has 1 aromatic heterocycles. The summed E-state index contributed by atoms with van der Waals surface area (Å²) in [5.41, 5.74) is 1.10. The third-order valence-electron chi connectivity index (χ3n) is 4.60. The van der Waals surface area contributed by atoms with Gasteiger partial charge in [0.25, 0.3) is 0 Å². The SMILES string of the molecule is CCCCCCCN(Cc1cc(OC)c(OC)c(OC)c1)c1ccccn1. The lowest BCUT2D eigenvalue weighted by Crippen LogP contribution is -2.25. The van der Waals surface area contributed by atoms with Crippen molar-refractivity contribution in [1.29, 1.82) is 0 Å². The molecule has 0 atom stereocenters. The summed E-state index contributed by atoms with van der Waals surface area (Å²) < 4.78 is 16.4. The average Bonchev–Trinajstić information content (AvgIpc) is 2.72. The summed E-state index contributed by atoms with van der Waals surface area (Å²) in [6.07, 6.45) is 8.09. The summed E-state index contributed by atoms with van der Waals surface area (Å²) in [7, 11) is 4.91. The number of benzene rings is 1. The molecule has 0 radical (unpaired) electrons. The summed E-state index contributed by atoms with van der Waals surface area (Å²) in [6, 6.07) is 10.1. The average molecular weight is 373 g/mol. The van der Waals surface area contributed by atoms with E-state index in [1.807, 2.05) is 30.5 Å². The maximum atomic E-state index is 5.49. The van der Waals surface area contributed by atoms with Crippen molar-refractivity contribution in [3.8, 4) is 17.2 Å². The number of nitrogens with zero attached hydrogens (tertiary/aromatic N) is 2. The van der Waals surface area contributed by atoms with Gasteiger partial charge >= 0.3 is 0 Å². The third kappa shape index (κ3) is 6.05. The normalized spacial score (nSPS) is 10.5. The predicted molar refractivity (Wildman–Crippen MR) is 110 cm³/mol. The topological polar surface area (TPSA) is 43.8 Å². The molecule has 5 nitrogen and oxygen atoms in total. The van der Waals surface area contributed by atoms with Gasteiger partial charge in [0.05, 0.1) is 21.3 Å². The van der Waals surface area contributed by atoms with Gasteiger partial charge in [-0.15, -0.1) is 0 Å². The molecule has 0 fully saturated rings. The fourth-order valence-corrected chi connectivity index (χ4v) is 3.17. The van der Waals surface area contributed by atoms with E-state index >= 15 is 0 Å². The second-order valence-electron chi connectivity index (χ2n) is 6.56. The van der Waals surface area contributed by atoms with Crippen molar-refractivity contribution in [2.75, 3.05) is 32.8 Å². The molecule has 0 aliphatic heterocycles. The van der Waals surface area contributed by atoms with E-state index in [9.17, 15) is 0 Å². The van der Waals surface area contributed by atoms with Crippen LogP contribution in [0.25, 0.3) is 0 Å². The maximum absolute atomic E-state index is 5.49. The molecule has 0 amide bonds. The first-order valence-electron chi connectivity index (χ1n) is 9.68. The van der Waals surface area contributed by atoms with Gasteiger partial charge in [0.1, 0.15) is 5.82 Å². The molecule has 148 valence electrons. The summed E-state index contributed by atoms with van der Waals surface area (Å²) >= 11 is 0. The Morgan fingerprint density at radius 1 is 0.889 bits per heavy atom. The Bertz CT molecular complexity index is 652. The molecule has 0 aliphatic carbocycles. The van der Waals surface area contributed by atoms with E-state index in [-0.39, 0.29) is 0 Å². The lowest BCUT2D eigenvalue weighted by molar-refractivity contribution is 0.323. The predicted octanol–water partition coefficient (Wildman–Crippen LogP) is 5.08. The van der Waals surface area contributed by atoms with Crippen LogP contribution >= 0.6 is 0 Å². The first kappa shape index (κ1) is 20.9. The Hall–Kier alpha value is -2.43. The third-order valence-corrected chi connectivity index (χ3v) is 4.60. The Balaban J connectivity index is 2.19. The van der Waals surface area contributed by atoms with Crippen LogP contribution in [0.5, 0.6) is 17.2 Å². The highest BCUT2D eigenvalue weighted by Gasteiger charge is 2.16. The Labute approximate surface area is 163 Å². The molecule has 0 aliphatic rings. The molecule has 5 heteroatoms. The van der Waals surface area contributed by atoms with Gasteiger partial charge in [0.2, 0.25) is 5.75 Å². The Morgan fingerprint density at radius 2 is 1.59 bits per heavy atom. The smallest absolute Gasteiger partial charge is 0.203 e. The molecule has 0 saturated heterocycles. The molecule has 27 heavy (non-hydrogen) atoms. The minimum atomic E-state index is 0.618. The number of ether oxygens (including phenoxy) is 3. The van der Waals surface area contributed by atoms with Crippen LogP contribution in [0.15, 0.2) is 36.5 Å². The molecular weight excluding hydrogens is 340 g/mol. The van der Waals surface area contributed by atoms with Crippen molar-refractivity contribution < 1.29 is 14.2 Å². The highest BCUT2D eigenvalue weighted by Crippen LogP contribution is 2.38. The second-order valence-corrected chi connectivity index (χ2v) is 6.56. The van der Waals surface area contributed by atoms with Crippen molar-refractivity contribution in [2.24, 2.45) is 0 Å². The molecule has 0 bridgehead atoms.